The van der Waals surface area contributed by atoms with Crippen LogP contribution in [0.25, 0.3) is 122 Å². The molecule has 0 saturated carbocycles. The number of hydrogen-bond donors (Lipinski definition) is 0. The van der Waals surface area contributed by atoms with Gasteiger partial charge in [0.05, 0.1) is 0 Å². The minimum atomic E-state index is -0.273. The highest BCUT2D eigenvalue weighted by atomic mass is 15.0. The van der Waals surface area contributed by atoms with Gasteiger partial charge in [-0.2, -0.15) is 0 Å². The quantitative estimate of drug-likeness (QED) is 0.156. The summed E-state index contributed by atoms with van der Waals surface area (Å²) in [6, 6.07) is 74.5. The van der Waals surface area contributed by atoms with Crippen LogP contribution in [0.2, 0.25) is 0 Å². The van der Waals surface area contributed by atoms with Crippen LogP contribution in [0.1, 0.15) is 25.0 Å². The van der Waals surface area contributed by atoms with E-state index < -0.39 is 0 Å². The zero-order valence-corrected chi connectivity index (χ0v) is 37.1. The summed E-state index contributed by atoms with van der Waals surface area (Å²) in [6.07, 6.45) is 3.70. The Morgan fingerprint density at radius 3 is 1.42 bits per heavy atom. The van der Waals surface area contributed by atoms with Crippen molar-refractivity contribution in [1.82, 2.24) is 19.9 Å². The standard InChI is InChI=1S/C63H42N4/c1-63(2)58-25-8-7-20-53(58)54-23-11-24-55(59(54)63)62-66-60(40-28-26-39(27-29-40)47-19-12-30-64-38-47)65-61(67-62)50-34-48(51-21-9-17-45-31-41-13-3-5-15-43(41)36-56(45)51)33-49(35-50)52-22-10-18-46-32-42-14-4-6-16-44(42)37-57(46)52/h3-38H,1-2H3. The summed E-state index contributed by atoms with van der Waals surface area (Å²) in [7, 11) is 0. The van der Waals surface area contributed by atoms with Gasteiger partial charge in [0.25, 0.3) is 0 Å². The van der Waals surface area contributed by atoms with Crippen molar-refractivity contribution in [3.8, 4) is 78.7 Å². The molecule has 0 N–H and O–H groups in total. The third-order valence-corrected chi connectivity index (χ3v) is 13.9. The van der Waals surface area contributed by atoms with Gasteiger partial charge >= 0.3 is 0 Å². The molecule has 4 nitrogen and oxygen atoms in total. The molecule has 2 aromatic heterocycles. The van der Waals surface area contributed by atoms with Crippen LogP contribution in [0.4, 0.5) is 0 Å². The van der Waals surface area contributed by atoms with E-state index in [-0.39, 0.29) is 5.41 Å². The normalized spacial score (nSPS) is 12.7. The smallest absolute Gasteiger partial charge is 0.164 e. The maximum atomic E-state index is 5.52. The Kier molecular flexibility index (Phi) is 8.84. The van der Waals surface area contributed by atoms with Crippen LogP contribution >= 0.6 is 0 Å². The molecule has 2 heterocycles. The molecule has 10 aromatic carbocycles. The Bertz CT molecular complexity index is 3810. The Hall–Kier alpha value is -8.60. The average molecular weight is 855 g/mol. The van der Waals surface area contributed by atoms with Crippen molar-refractivity contribution in [3.63, 3.8) is 0 Å². The molecule has 1 aliphatic rings. The fraction of sp³-hybridized carbons (Fsp3) is 0.0476. The van der Waals surface area contributed by atoms with E-state index in [9.17, 15) is 0 Å². The lowest BCUT2D eigenvalue weighted by Crippen LogP contribution is -2.17. The van der Waals surface area contributed by atoms with Crippen molar-refractivity contribution in [2.24, 2.45) is 0 Å². The number of aromatic nitrogens is 4. The maximum Gasteiger partial charge on any atom is 0.164 e. The van der Waals surface area contributed by atoms with E-state index >= 15 is 0 Å². The van der Waals surface area contributed by atoms with E-state index in [1.807, 2.05) is 12.3 Å². The second kappa shape index (κ2) is 15.3. The van der Waals surface area contributed by atoms with Crippen molar-refractivity contribution in [3.05, 3.63) is 230 Å². The van der Waals surface area contributed by atoms with Gasteiger partial charge in [-0.05, 0) is 147 Å². The SMILES string of the molecule is CC1(C)c2ccccc2-c2cccc(-c3nc(-c4ccc(-c5cccnc5)cc4)nc(-c4cc(-c5cccc6cc7ccccc7cc56)cc(-c5cccc6cc7ccccc7cc56)c4)n3)c21. The Labute approximate surface area is 389 Å². The van der Waals surface area contributed by atoms with Crippen LogP contribution in [-0.2, 0) is 5.41 Å². The van der Waals surface area contributed by atoms with E-state index in [4.69, 9.17) is 15.0 Å². The van der Waals surface area contributed by atoms with E-state index in [0.717, 1.165) is 50.1 Å². The molecule has 12 aromatic rings. The van der Waals surface area contributed by atoms with Crippen molar-refractivity contribution >= 4 is 43.1 Å². The van der Waals surface area contributed by atoms with E-state index in [2.05, 4.69) is 219 Å². The van der Waals surface area contributed by atoms with Gasteiger partial charge in [0.1, 0.15) is 0 Å². The number of pyridine rings is 1. The van der Waals surface area contributed by atoms with Gasteiger partial charge in [0.15, 0.2) is 17.5 Å². The fourth-order valence-electron chi connectivity index (χ4n) is 10.6. The molecule has 13 rings (SSSR count). The molecule has 1 aliphatic carbocycles. The third-order valence-electron chi connectivity index (χ3n) is 13.9. The van der Waals surface area contributed by atoms with Crippen molar-refractivity contribution in [1.29, 1.82) is 0 Å². The molecule has 0 fully saturated rings. The summed E-state index contributed by atoms with van der Waals surface area (Å²) in [6.45, 7) is 4.63. The molecule has 0 amide bonds. The van der Waals surface area contributed by atoms with Crippen LogP contribution in [-0.4, -0.2) is 19.9 Å². The summed E-state index contributed by atoms with van der Waals surface area (Å²) >= 11 is 0. The lowest BCUT2D eigenvalue weighted by molar-refractivity contribution is 0.661. The van der Waals surface area contributed by atoms with Gasteiger partial charge in [-0.25, -0.2) is 15.0 Å². The first-order valence-electron chi connectivity index (χ1n) is 22.9. The van der Waals surface area contributed by atoms with Crippen molar-refractivity contribution in [2.45, 2.75) is 19.3 Å². The van der Waals surface area contributed by atoms with Crippen LogP contribution in [0.15, 0.2) is 219 Å². The van der Waals surface area contributed by atoms with E-state index in [0.29, 0.717) is 17.5 Å². The van der Waals surface area contributed by atoms with Gasteiger partial charge in [0, 0.05) is 34.5 Å². The lowest BCUT2D eigenvalue weighted by atomic mass is 9.80. The van der Waals surface area contributed by atoms with Gasteiger partial charge in [0.2, 0.25) is 0 Å². The van der Waals surface area contributed by atoms with Gasteiger partial charge in [-0.3, -0.25) is 4.98 Å². The van der Waals surface area contributed by atoms with Crippen LogP contribution in [0.3, 0.4) is 0 Å². The number of fused-ring (bicyclic) bond motifs is 7. The maximum absolute atomic E-state index is 5.52. The molecule has 0 radical (unpaired) electrons. The first kappa shape index (κ1) is 38.8. The highest BCUT2D eigenvalue weighted by Gasteiger charge is 2.38. The highest BCUT2D eigenvalue weighted by Crippen LogP contribution is 2.52. The number of nitrogens with zero attached hydrogens (tertiary/aromatic N) is 4. The second-order valence-electron chi connectivity index (χ2n) is 18.3. The molecule has 0 bridgehead atoms. The zero-order chi connectivity index (χ0) is 44.6. The van der Waals surface area contributed by atoms with E-state index in [1.54, 1.807) is 6.20 Å². The zero-order valence-electron chi connectivity index (χ0n) is 37.1. The largest absolute Gasteiger partial charge is 0.264 e. The monoisotopic (exact) mass is 854 g/mol. The molecule has 0 atom stereocenters. The topological polar surface area (TPSA) is 51.6 Å². The minimum absolute atomic E-state index is 0.273. The molecule has 314 valence electrons. The predicted molar refractivity (Wildman–Crippen MR) is 278 cm³/mol. The predicted octanol–water partition coefficient (Wildman–Crippen LogP) is 16.2. The summed E-state index contributed by atoms with van der Waals surface area (Å²) < 4.78 is 0. The Morgan fingerprint density at radius 1 is 0.313 bits per heavy atom. The summed E-state index contributed by atoms with van der Waals surface area (Å²) in [5.41, 5.74) is 14.2. The van der Waals surface area contributed by atoms with Gasteiger partial charge in [-0.1, -0.05) is 172 Å². The lowest BCUT2D eigenvalue weighted by Gasteiger charge is -2.24. The molecule has 67 heavy (non-hydrogen) atoms. The van der Waals surface area contributed by atoms with Crippen molar-refractivity contribution in [2.75, 3.05) is 0 Å². The van der Waals surface area contributed by atoms with Crippen molar-refractivity contribution < 1.29 is 0 Å². The van der Waals surface area contributed by atoms with Crippen LogP contribution in [0.5, 0.6) is 0 Å². The Morgan fingerprint density at radius 2 is 0.791 bits per heavy atom. The fourth-order valence-corrected chi connectivity index (χ4v) is 10.6. The summed E-state index contributed by atoms with van der Waals surface area (Å²) in [5, 5.41) is 9.65. The van der Waals surface area contributed by atoms with Crippen LogP contribution < -0.4 is 0 Å². The number of hydrogen-bond acceptors (Lipinski definition) is 4. The van der Waals surface area contributed by atoms with Crippen LogP contribution in [0, 0.1) is 0 Å². The third kappa shape index (κ3) is 6.52. The average Bonchev–Trinajstić information content (AvgIpc) is 3.62. The molecule has 0 saturated heterocycles. The molecule has 0 unspecified atom stereocenters. The first-order chi connectivity index (χ1) is 32.9. The Balaban J connectivity index is 1.07. The van der Waals surface area contributed by atoms with E-state index in [1.165, 1.54) is 65.3 Å². The summed E-state index contributed by atoms with van der Waals surface area (Å²) in [4.78, 5) is 20.7. The van der Waals surface area contributed by atoms with Gasteiger partial charge < -0.3 is 0 Å². The molecule has 0 aliphatic heterocycles. The molecule has 4 heteroatoms. The first-order valence-corrected chi connectivity index (χ1v) is 22.9. The molecular weight excluding hydrogens is 813 g/mol. The molecular formula is C63H42N4. The highest BCUT2D eigenvalue weighted by molar-refractivity contribution is 6.08. The second-order valence-corrected chi connectivity index (χ2v) is 18.3. The number of benzene rings is 10. The van der Waals surface area contributed by atoms with Gasteiger partial charge in [-0.15, -0.1) is 0 Å². The summed E-state index contributed by atoms with van der Waals surface area (Å²) in [5.74, 6) is 1.87. The minimum Gasteiger partial charge on any atom is -0.264 e. The number of rotatable bonds is 6. The molecule has 0 spiro atoms.